The van der Waals surface area contributed by atoms with Crippen molar-refractivity contribution in [3.05, 3.63) is 142 Å². The summed E-state index contributed by atoms with van der Waals surface area (Å²) in [6, 6.07) is 36.5. The molecule has 4 aromatic carbocycles. The highest BCUT2D eigenvalue weighted by atomic mass is 15.2. The molecule has 0 radical (unpaired) electrons. The van der Waals surface area contributed by atoms with Crippen molar-refractivity contribution in [2.75, 3.05) is 4.90 Å². The molecule has 3 aliphatic rings. The maximum Gasteiger partial charge on any atom is 0.141 e. The van der Waals surface area contributed by atoms with E-state index in [1.807, 2.05) is 6.20 Å². The van der Waals surface area contributed by atoms with Gasteiger partial charge in [-0.25, -0.2) is 4.98 Å². The van der Waals surface area contributed by atoms with E-state index in [1.54, 1.807) is 0 Å². The summed E-state index contributed by atoms with van der Waals surface area (Å²) in [5, 5.41) is 0. The summed E-state index contributed by atoms with van der Waals surface area (Å²) in [7, 11) is 0. The van der Waals surface area contributed by atoms with Crippen molar-refractivity contribution < 1.29 is 0 Å². The molecule has 2 nitrogen and oxygen atoms in total. The minimum absolute atomic E-state index is 0.163. The third-order valence-corrected chi connectivity index (χ3v) is 9.08. The summed E-state index contributed by atoms with van der Waals surface area (Å²) in [6.07, 6.45) is 2.94. The number of fused-ring (bicyclic) bond motifs is 11. The van der Waals surface area contributed by atoms with Gasteiger partial charge in [-0.1, -0.05) is 106 Å². The minimum atomic E-state index is -0.376. The Bertz CT molecular complexity index is 1710. The number of rotatable bonds is 1. The van der Waals surface area contributed by atoms with Gasteiger partial charge in [0.1, 0.15) is 5.82 Å². The van der Waals surface area contributed by atoms with Crippen LogP contribution in [0.4, 0.5) is 17.2 Å². The van der Waals surface area contributed by atoms with Crippen LogP contribution in [0.5, 0.6) is 0 Å². The number of hydrogen-bond acceptors (Lipinski definition) is 2. The van der Waals surface area contributed by atoms with Crippen molar-refractivity contribution in [1.82, 2.24) is 4.98 Å². The van der Waals surface area contributed by atoms with E-state index in [4.69, 9.17) is 4.98 Å². The monoisotopic (exact) mass is 476 g/mol. The molecule has 0 saturated heterocycles. The van der Waals surface area contributed by atoms with Crippen molar-refractivity contribution >= 4 is 17.2 Å². The Hall–Kier alpha value is -4.17. The number of nitrogens with zero attached hydrogens (tertiary/aromatic N) is 2. The molecule has 0 bridgehead atoms. The van der Waals surface area contributed by atoms with Gasteiger partial charge < -0.3 is 0 Å². The molecule has 1 aromatic heterocycles. The lowest BCUT2D eigenvalue weighted by molar-refractivity contribution is 0.617. The van der Waals surface area contributed by atoms with Crippen LogP contribution in [0.15, 0.2) is 103 Å². The number of aromatic nitrogens is 1. The first-order valence-electron chi connectivity index (χ1n) is 13.3. The normalized spacial score (nSPS) is 16.5. The highest BCUT2D eigenvalue weighted by Gasteiger charge is 2.54. The van der Waals surface area contributed by atoms with E-state index in [2.05, 4.69) is 123 Å². The van der Waals surface area contributed by atoms with Crippen LogP contribution >= 0.6 is 0 Å². The first-order valence-corrected chi connectivity index (χ1v) is 13.3. The quantitative estimate of drug-likeness (QED) is 0.236. The average molecular weight is 477 g/mol. The molecule has 2 aliphatic heterocycles. The average Bonchev–Trinajstić information content (AvgIpc) is 3.23. The number of pyridine rings is 1. The fourth-order valence-corrected chi connectivity index (χ4v) is 7.40. The molecule has 37 heavy (non-hydrogen) atoms. The van der Waals surface area contributed by atoms with Crippen LogP contribution in [0, 0.1) is 0 Å². The van der Waals surface area contributed by atoms with Gasteiger partial charge in [0, 0.05) is 17.2 Å². The molecule has 0 amide bonds. The van der Waals surface area contributed by atoms with Crippen LogP contribution in [0.1, 0.15) is 59.7 Å². The third-order valence-electron chi connectivity index (χ3n) is 9.08. The first kappa shape index (κ1) is 21.0. The van der Waals surface area contributed by atoms with Crippen LogP contribution in [-0.4, -0.2) is 4.98 Å². The Morgan fingerprint density at radius 2 is 1.30 bits per heavy atom. The summed E-state index contributed by atoms with van der Waals surface area (Å²) < 4.78 is 0. The van der Waals surface area contributed by atoms with Crippen molar-refractivity contribution in [2.24, 2.45) is 0 Å². The molecular weight excluding hydrogens is 448 g/mol. The Balaban J connectivity index is 1.61. The van der Waals surface area contributed by atoms with Crippen LogP contribution in [0.3, 0.4) is 0 Å². The summed E-state index contributed by atoms with van der Waals surface area (Å²) in [6.45, 7) is 6.94. The number of aryl methyl sites for hydroxylation is 1. The molecular formula is C35H28N2. The molecule has 1 spiro atoms. The van der Waals surface area contributed by atoms with Crippen LogP contribution in [-0.2, 0) is 17.3 Å². The van der Waals surface area contributed by atoms with Gasteiger partial charge in [-0.15, -0.1) is 0 Å². The second-order valence-electron chi connectivity index (χ2n) is 11.1. The van der Waals surface area contributed by atoms with Crippen molar-refractivity contribution in [1.29, 1.82) is 0 Å². The molecule has 0 unspecified atom stereocenters. The van der Waals surface area contributed by atoms with Gasteiger partial charge in [-0.2, -0.15) is 0 Å². The highest BCUT2D eigenvalue weighted by Crippen LogP contribution is 2.66. The van der Waals surface area contributed by atoms with Gasteiger partial charge in [0.2, 0.25) is 0 Å². The fourth-order valence-electron chi connectivity index (χ4n) is 7.40. The summed E-state index contributed by atoms with van der Waals surface area (Å²) >= 11 is 0. The smallest absolute Gasteiger partial charge is 0.141 e. The molecule has 3 heterocycles. The number of anilines is 3. The first-order chi connectivity index (χ1) is 18.1. The summed E-state index contributed by atoms with van der Waals surface area (Å²) in [4.78, 5) is 7.49. The van der Waals surface area contributed by atoms with Gasteiger partial charge >= 0.3 is 0 Å². The molecule has 0 N–H and O–H groups in total. The van der Waals surface area contributed by atoms with Crippen molar-refractivity contribution in [3.8, 4) is 11.1 Å². The predicted octanol–water partition coefficient (Wildman–Crippen LogP) is 8.43. The van der Waals surface area contributed by atoms with E-state index in [-0.39, 0.29) is 10.8 Å². The van der Waals surface area contributed by atoms with Crippen LogP contribution in [0.2, 0.25) is 0 Å². The Labute approximate surface area is 218 Å². The minimum Gasteiger partial charge on any atom is -0.294 e. The molecule has 5 aromatic rings. The van der Waals surface area contributed by atoms with Gasteiger partial charge in [-0.3, -0.25) is 4.90 Å². The summed E-state index contributed by atoms with van der Waals surface area (Å²) in [5.41, 5.74) is 14.1. The second-order valence-corrected chi connectivity index (χ2v) is 11.1. The molecule has 178 valence electrons. The highest BCUT2D eigenvalue weighted by molar-refractivity contribution is 5.98. The maximum absolute atomic E-state index is 5.03. The van der Waals surface area contributed by atoms with E-state index in [1.165, 1.54) is 61.4 Å². The van der Waals surface area contributed by atoms with Crippen LogP contribution in [0.25, 0.3) is 11.1 Å². The Morgan fingerprint density at radius 3 is 2.03 bits per heavy atom. The van der Waals surface area contributed by atoms with E-state index in [0.717, 1.165) is 12.2 Å². The largest absolute Gasteiger partial charge is 0.294 e. The third kappa shape index (κ3) is 2.35. The van der Waals surface area contributed by atoms with E-state index < -0.39 is 0 Å². The molecule has 0 fully saturated rings. The maximum atomic E-state index is 5.03. The summed E-state index contributed by atoms with van der Waals surface area (Å²) in [5.74, 6) is 1.05. The van der Waals surface area contributed by atoms with E-state index >= 15 is 0 Å². The molecule has 8 rings (SSSR count). The molecule has 2 heteroatoms. The van der Waals surface area contributed by atoms with E-state index in [0.29, 0.717) is 0 Å². The molecule has 0 saturated carbocycles. The Morgan fingerprint density at radius 1 is 0.649 bits per heavy atom. The molecule has 0 atom stereocenters. The zero-order valence-electron chi connectivity index (χ0n) is 21.4. The molecule has 1 aliphatic carbocycles. The zero-order valence-corrected chi connectivity index (χ0v) is 21.4. The lowest BCUT2D eigenvalue weighted by Gasteiger charge is -2.50. The SMILES string of the molecule is CCc1ccc2c(c1)N1c3ncccc3C(C)(C)c3cccc(c31)C21c2ccccc2-c2ccccc21. The van der Waals surface area contributed by atoms with E-state index in [9.17, 15) is 0 Å². The van der Waals surface area contributed by atoms with Crippen molar-refractivity contribution in [3.63, 3.8) is 0 Å². The van der Waals surface area contributed by atoms with Crippen molar-refractivity contribution in [2.45, 2.75) is 38.0 Å². The lowest BCUT2D eigenvalue weighted by atomic mass is 9.61. The van der Waals surface area contributed by atoms with Gasteiger partial charge in [0.25, 0.3) is 0 Å². The predicted molar refractivity (Wildman–Crippen MR) is 151 cm³/mol. The number of para-hydroxylation sites is 1. The van der Waals surface area contributed by atoms with Gasteiger partial charge in [-0.05, 0) is 63.1 Å². The lowest BCUT2D eigenvalue weighted by Crippen LogP contribution is -2.41. The Kier molecular flexibility index (Phi) is 3.96. The standard InChI is InChI=1S/C35H28N2/c1-4-22-18-19-27-31(21-22)37-32-28(34(2,3)30-17-10-20-36-33(30)37)15-9-16-29(32)35(27)25-13-7-5-11-23(25)24-12-6-8-14-26(24)35/h5-21H,4H2,1-3H3. The topological polar surface area (TPSA) is 16.1 Å². The number of benzene rings is 4. The second kappa shape index (κ2) is 6.98. The van der Waals surface area contributed by atoms with Gasteiger partial charge in [0.05, 0.1) is 16.8 Å². The fraction of sp³-hybridized carbons (Fsp3) is 0.171. The zero-order chi connectivity index (χ0) is 24.9. The number of hydrogen-bond donors (Lipinski definition) is 0. The van der Waals surface area contributed by atoms with Gasteiger partial charge in [0.15, 0.2) is 0 Å². The van der Waals surface area contributed by atoms with Crippen LogP contribution < -0.4 is 4.90 Å².